The Morgan fingerprint density at radius 3 is 2.20 bits per heavy atom. The van der Waals surface area contributed by atoms with Crippen LogP contribution in [0.15, 0.2) is 82.6 Å². The summed E-state index contributed by atoms with van der Waals surface area (Å²) < 4.78 is 5.32. The van der Waals surface area contributed by atoms with E-state index in [1.165, 1.54) is 17.8 Å². The Bertz CT molecular complexity index is 886. The Labute approximate surface area is 149 Å². The van der Waals surface area contributed by atoms with Gasteiger partial charge in [-0.25, -0.2) is 4.79 Å². The van der Waals surface area contributed by atoms with E-state index in [2.05, 4.69) is 0 Å². The van der Waals surface area contributed by atoms with Crippen LogP contribution >= 0.6 is 11.8 Å². The third-order valence-electron chi connectivity index (χ3n) is 3.37. The fraction of sp³-hybridized carbons (Fsp3) is 0. The van der Waals surface area contributed by atoms with E-state index >= 15 is 0 Å². The first-order valence-corrected chi connectivity index (χ1v) is 8.30. The Kier molecular flexibility index (Phi) is 5.16. The largest absolute Gasteiger partial charge is 0.508 e. The number of aromatic hydroxyl groups is 1. The average Bonchev–Trinajstić information content (AvgIpc) is 2.65. The van der Waals surface area contributed by atoms with Crippen molar-refractivity contribution in [3.8, 4) is 11.5 Å². The zero-order valence-electron chi connectivity index (χ0n) is 13.1. The van der Waals surface area contributed by atoms with Crippen molar-refractivity contribution in [3.63, 3.8) is 0 Å². The molecular formula is C20H14O4S. The molecule has 0 fully saturated rings. The van der Waals surface area contributed by atoms with Gasteiger partial charge in [-0.3, -0.25) is 4.79 Å². The fourth-order valence-electron chi connectivity index (χ4n) is 2.13. The summed E-state index contributed by atoms with van der Waals surface area (Å²) in [4.78, 5) is 24.9. The van der Waals surface area contributed by atoms with Gasteiger partial charge in [0.1, 0.15) is 17.8 Å². The maximum absolute atomic E-state index is 12.1. The van der Waals surface area contributed by atoms with Gasteiger partial charge in [0.15, 0.2) is 0 Å². The van der Waals surface area contributed by atoms with Gasteiger partial charge < -0.3 is 9.84 Å². The third-order valence-corrected chi connectivity index (χ3v) is 4.38. The topological polar surface area (TPSA) is 63.6 Å². The summed E-state index contributed by atoms with van der Waals surface area (Å²) in [5, 5.41) is 9.29. The van der Waals surface area contributed by atoms with Crippen LogP contribution < -0.4 is 4.74 Å². The number of phenols is 1. The molecule has 0 aliphatic heterocycles. The van der Waals surface area contributed by atoms with Gasteiger partial charge in [-0.15, -0.1) is 0 Å². The van der Waals surface area contributed by atoms with Gasteiger partial charge in [-0.1, -0.05) is 23.9 Å². The van der Waals surface area contributed by atoms with Crippen molar-refractivity contribution in [1.29, 1.82) is 0 Å². The summed E-state index contributed by atoms with van der Waals surface area (Å²) in [5.41, 5.74) is 0.752. The van der Waals surface area contributed by atoms with Crippen LogP contribution in [0.3, 0.4) is 0 Å². The third kappa shape index (κ3) is 4.49. The summed E-state index contributed by atoms with van der Waals surface area (Å²) >= 11 is 1.53. The molecule has 0 spiro atoms. The predicted octanol–water partition coefficient (Wildman–Crippen LogP) is 4.58. The molecule has 124 valence electrons. The Morgan fingerprint density at radius 2 is 1.56 bits per heavy atom. The number of aldehydes is 1. The quantitative estimate of drug-likeness (QED) is 0.415. The summed E-state index contributed by atoms with van der Waals surface area (Å²) in [7, 11) is 0. The SMILES string of the molecule is O=Cc1cccc(C(=O)Oc2ccc(Sc3ccc(O)cc3)cc2)c1. The van der Waals surface area contributed by atoms with Crippen LogP contribution in [-0.4, -0.2) is 17.4 Å². The maximum atomic E-state index is 12.1. The lowest BCUT2D eigenvalue weighted by atomic mass is 10.1. The molecule has 0 aromatic heterocycles. The minimum Gasteiger partial charge on any atom is -0.508 e. The van der Waals surface area contributed by atoms with Crippen molar-refractivity contribution < 1.29 is 19.4 Å². The molecule has 3 aromatic carbocycles. The van der Waals surface area contributed by atoms with Crippen LogP contribution in [0.25, 0.3) is 0 Å². The molecule has 0 saturated carbocycles. The molecule has 0 bridgehead atoms. The minimum atomic E-state index is -0.511. The number of rotatable bonds is 5. The summed E-state index contributed by atoms with van der Waals surface area (Å²) in [5.74, 6) is 0.143. The molecule has 0 atom stereocenters. The lowest BCUT2D eigenvalue weighted by Gasteiger charge is -2.06. The van der Waals surface area contributed by atoms with E-state index in [1.54, 1.807) is 42.5 Å². The summed E-state index contributed by atoms with van der Waals surface area (Å²) in [6.07, 6.45) is 0.687. The second kappa shape index (κ2) is 7.68. The zero-order chi connectivity index (χ0) is 17.6. The van der Waals surface area contributed by atoms with E-state index in [1.807, 2.05) is 24.3 Å². The number of carbonyl (C=O) groups excluding carboxylic acids is 2. The van der Waals surface area contributed by atoms with Gasteiger partial charge in [0.05, 0.1) is 5.56 Å². The molecule has 0 aliphatic carbocycles. The number of esters is 1. The van der Waals surface area contributed by atoms with Crippen molar-refractivity contribution in [2.24, 2.45) is 0 Å². The van der Waals surface area contributed by atoms with Crippen LogP contribution in [0.4, 0.5) is 0 Å². The molecule has 1 N–H and O–H groups in total. The number of carbonyl (C=O) groups is 2. The highest BCUT2D eigenvalue weighted by Gasteiger charge is 2.09. The molecule has 4 nitrogen and oxygen atoms in total. The molecule has 0 amide bonds. The first-order chi connectivity index (χ1) is 12.1. The van der Waals surface area contributed by atoms with Gasteiger partial charge in [-0.2, -0.15) is 0 Å². The van der Waals surface area contributed by atoms with Gasteiger partial charge in [0.25, 0.3) is 0 Å². The molecule has 0 aliphatic rings. The Morgan fingerprint density at radius 1 is 0.920 bits per heavy atom. The van der Waals surface area contributed by atoms with Crippen molar-refractivity contribution in [1.82, 2.24) is 0 Å². The van der Waals surface area contributed by atoms with Gasteiger partial charge in [-0.05, 0) is 60.7 Å². The van der Waals surface area contributed by atoms with Crippen LogP contribution in [-0.2, 0) is 0 Å². The number of hydrogen-bond acceptors (Lipinski definition) is 5. The van der Waals surface area contributed by atoms with Crippen LogP contribution in [0.1, 0.15) is 20.7 Å². The Hall–Kier alpha value is -3.05. The monoisotopic (exact) mass is 350 g/mol. The lowest BCUT2D eigenvalue weighted by Crippen LogP contribution is -2.08. The van der Waals surface area contributed by atoms with Gasteiger partial charge in [0.2, 0.25) is 0 Å². The van der Waals surface area contributed by atoms with Crippen LogP contribution in [0.5, 0.6) is 11.5 Å². The fourth-order valence-corrected chi connectivity index (χ4v) is 2.95. The highest BCUT2D eigenvalue weighted by molar-refractivity contribution is 7.99. The summed E-state index contributed by atoms with van der Waals surface area (Å²) in [6.45, 7) is 0. The van der Waals surface area contributed by atoms with E-state index in [0.29, 0.717) is 23.2 Å². The van der Waals surface area contributed by atoms with Crippen LogP contribution in [0, 0.1) is 0 Å². The van der Waals surface area contributed by atoms with Crippen molar-refractivity contribution in [2.75, 3.05) is 0 Å². The molecule has 0 saturated heterocycles. The number of phenolic OH excluding ortho intramolecular Hbond substituents is 1. The molecular weight excluding hydrogens is 336 g/mol. The molecule has 5 heteroatoms. The standard InChI is InChI=1S/C20H14O4S/c21-13-14-2-1-3-15(12-14)20(23)24-17-6-10-19(11-7-17)25-18-8-4-16(22)5-9-18/h1-13,22H. The van der Waals surface area contributed by atoms with E-state index in [0.717, 1.165) is 9.79 Å². The second-order valence-corrected chi connectivity index (χ2v) is 6.35. The van der Waals surface area contributed by atoms with E-state index in [-0.39, 0.29) is 5.75 Å². The number of ether oxygens (including phenoxy) is 1. The lowest BCUT2D eigenvalue weighted by molar-refractivity contribution is 0.0734. The highest BCUT2D eigenvalue weighted by Crippen LogP contribution is 2.30. The summed E-state index contributed by atoms with van der Waals surface area (Å²) in [6, 6.07) is 20.4. The predicted molar refractivity (Wildman–Crippen MR) is 95.5 cm³/mol. The maximum Gasteiger partial charge on any atom is 0.343 e. The van der Waals surface area contributed by atoms with E-state index in [4.69, 9.17) is 4.74 Å². The first kappa shape index (κ1) is 16.8. The molecule has 3 aromatic rings. The van der Waals surface area contributed by atoms with E-state index < -0.39 is 5.97 Å². The second-order valence-electron chi connectivity index (χ2n) is 5.20. The number of hydrogen-bond donors (Lipinski definition) is 1. The first-order valence-electron chi connectivity index (χ1n) is 7.48. The molecule has 0 unspecified atom stereocenters. The van der Waals surface area contributed by atoms with Gasteiger partial charge in [0, 0.05) is 15.4 Å². The van der Waals surface area contributed by atoms with E-state index in [9.17, 15) is 14.7 Å². The average molecular weight is 350 g/mol. The normalized spacial score (nSPS) is 10.2. The molecule has 25 heavy (non-hydrogen) atoms. The smallest absolute Gasteiger partial charge is 0.343 e. The molecule has 3 rings (SSSR count). The minimum absolute atomic E-state index is 0.227. The van der Waals surface area contributed by atoms with Gasteiger partial charge >= 0.3 is 5.97 Å². The van der Waals surface area contributed by atoms with Crippen molar-refractivity contribution in [2.45, 2.75) is 9.79 Å². The molecule has 0 radical (unpaired) electrons. The molecule has 0 heterocycles. The Balaban J connectivity index is 1.66. The van der Waals surface area contributed by atoms with Crippen LogP contribution in [0.2, 0.25) is 0 Å². The van der Waals surface area contributed by atoms with Crippen molar-refractivity contribution >= 4 is 24.0 Å². The zero-order valence-corrected chi connectivity index (χ0v) is 13.9. The number of benzene rings is 3. The van der Waals surface area contributed by atoms with Crippen molar-refractivity contribution in [3.05, 3.63) is 83.9 Å². The highest BCUT2D eigenvalue weighted by atomic mass is 32.2.